The first-order valence-electron chi connectivity index (χ1n) is 10.6. The van der Waals surface area contributed by atoms with Crippen LogP contribution in [0.2, 0.25) is 5.02 Å². The molecule has 8 nitrogen and oxygen atoms in total. The third-order valence-electron chi connectivity index (χ3n) is 5.44. The Morgan fingerprint density at radius 2 is 1.72 bits per heavy atom. The minimum Gasteiger partial charge on any atom is -0.425 e. The van der Waals surface area contributed by atoms with Gasteiger partial charge in [0.15, 0.2) is 6.23 Å². The first kappa shape index (κ1) is 22.0. The third-order valence-corrected chi connectivity index (χ3v) is 5.69. The quantitative estimate of drug-likeness (QED) is 0.695. The number of benzene rings is 2. The summed E-state index contributed by atoms with van der Waals surface area (Å²) < 4.78 is 10.9. The van der Waals surface area contributed by atoms with E-state index in [1.807, 2.05) is 0 Å². The Bertz CT molecular complexity index is 980. The van der Waals surface area contributed by atoms with Crippen LogP contribution >= 0.6 is 11.6 Å². The zero-order chi connectivity index (χ0) is 22.5. The molecule has 0 spiro atoms. The van der Waals surface area contributed by atoms with Crippen LogP contribution in [0.25, 0.3) is 0 Å². The summed E-state index contributed by atoms with van der Waals surface area (Å²) in [5.74, 6) is 0.467. The molecule has 2 fully saturated rings. The Morgan fingerprint density at radius 1 is 0.969 bits per heavy atom. The van der Waals surface area contributed by atoms with Gasteiger partial charge in [0.25, 0.3) is 0 Å². The highest BCUT2D eigenvalue weighted by Crippen LogP contribution is 2.25. The van der Waals surface area contributed by atoms with Gasteiger partial charge >= 0.3 is 12.2 Å². The second-order valence-electron chi connectivity index (χ2n) is 7.69. The highest BCUT2D eigenvalue weighted by molar-refractivity contribution is 6.30. The van der Waals surface area contributed by atoms with Gasteiger partial charge in [-0.25, -0.2) is 9.59 Å². The average Bonchev–Trinajstić information content (AvgIpc) is 3.24. The normalized spacial score (nSPS) is 18.4. The van der Waals surface area contributed by atoms with E-state index in [4.69, 9.17) is 21.1 Å². The summed E-state index contributed by atoms with van der Waals surface area (Å²) in [6.45, 7) is 1.13. The van der Waals surface area contributed by atoms with Crippen LogP contribution in [-0.2, 0) is 9.53 Å². The number of anilines is 2. The van der Waals surface area contributed by atoms with Crippen molar-refractivity contribution in [2.75, 3.05) is 23.3 Å². The molecule has 0 saturated carbocycles. The van der Waals surface area contributed by atoms with Crippen molar-refractivity contribution in [1.29, 1.82) is 0 Å². The predicted octanol–water partition coefficient (Wildman–Crippen LogP) is 5.03. The number of amides is 3. The molecular weight excluding hydrogens is 434 g/mol. The maximum Gasteiger partial charge on any atom is 0.418 e. The Hall–Kier alpha value is -3.26. The minimum atomic E-state index is -0.708. The lowest BCUT2D eigenvalue weighted by Gasteiger charge is -2.27. The summed E-state index contributed by atoms with van der Waals surface area (Å²) in [7, 11) is 0. The van der Waals surface area contributed by atoms with E-state index in [2.05, 4.69) is 5.32 Å². The molecule has 32 heavy (non-hydrogen) atoms. The average molecular weight is 458 g/mol. The maximum atomic E-state index is 12.7. The number of nitrogens with one attached hydrogen (secondary N) is 1. The van der Waals surface area contributed by atoms with Crippen molar-refractivity contribution >= 4 is 41.1 Å². The molecule has 2 heterocycles. The first-order chi connectivity index (χ1) is 15.5. The zero-order valence-electron chi connectivity index (χ0n) is 17.5. The number of piperidine rings is 1. The number of likely N-dealkylation sites (tertiary alicyclic amines) is 1. The molecule has 168 valence electrons. The van der Waals surface area contributed by atoms with Gasteiger partial charge in [0.2, 0.25) is 5.91 Å². The fourth-order valence-electron chi connectivity index (χ4n) is 3.80. The van der Waals surface area contributed by atoms with E-state index in [1.54, 1.807) is 53.4 Å². The van der Waals surface area contributed by atoms with Crippen molar-refractivity contribution in [2.24, 2.45) is 0 Å². The molecule has 4 rings (SSSR count). The molecule has 0 radical (unpaired) electrons. The monoisotopic (exact) mass is 457 g/mol. The van der Waals surface area contributed by atoms with Gasteiger partial charge in [-0.2, -0.15) is 0 Å². The number of carbonyl (C=O) groups excluding carboxylic acids is 3. The van der Waals surface area contributed by atoms with E-state index < -0.39 is 18.4 Å². The van der Waals surface area contributed by atoms with Gasteiger partial charge in [0, 0.05) is 42.3 Å². The van der Waals surface area contributed by atoms with Crippen molar-refractivity contribution in [2.45, 2.75) is 38.3 Å². The number of hydrogen-bond donors (Lipinski definition) is 1. The van der Waals surface area contributed by atoms with E-state index in [9.17, 15) is 14.4 Å². The molecule has 3 amide bonds. The van der Waals surface area contributed by atoms with Crippen LogP contribution in [0.15, 0.2) is 48.5 Å². The molecule has 9 heteroatoms. The number of ether oxygens (including phenoxy) is 2. The van der Waals surface area contributed by atoms with E-state index in [0.717, 1.165) is 18.5 Å². The van der Waals surface area contributed by atoms with Crippen LogP contribution in [0.3, 0.4) is 0 Å². The predicted molar refractivity (Wildman–Crippen MR) is 120 cm³/mol. The number of carbonyl (C=O) groups is 3. The fraction of sp³-hybridized carbons (Fsp3) is 0.348. The highest BCUT2D eigenvalue weighted by Gasteiger charge is 2.33. The lowest BCUT2D eigenvalue weighted by Crippen LogP contribution is -2.40. The largest absolute Gasteiger partial charge is 0.425 e. The van der Waals surface area contributed by atoms with Crippen LogP contribution < -0.4 is 15.0 Å². The summed E-state index contributed by atoms with van der Waals surface area (Å²) in [5.41, 5.74) is 1.33. The topological polar surface area (TPSA) is 88.2 Å². The number of nitrogens with zero attached hydrogens (tertiary/aromatic N) is 2. The standard InChI is InChI=1S/C23H24ClN3O5/c24-16-6-8-17(9-7-16)25-22(29)32-21-5-3-15-27(21)23(30)31-19-12-10-18(11-13-19)26-14-2-1-4-20(26)28/h6-13,21H,1-5,14-15H2,(H,25,29)/t21-/m1/s1. The lowest BCUT2D eigenvalue weighted by atomic mass is 10.1. The molecule has 2 aliphatic heterocycles. The van der Waals surface area contributed by atoms with Crippen molar-refractivity contribution in [3.63, 3.8) is 0 Å². The van der Waals surface area contributed by atoms with Gasteiger partial charge in [0.1, 0.15) is 5.75 Å². The van der Waals surface area contributed by atoms with Crippen LogP contribution in [-0.4, -0.2) is 42.3 Å². The fourth-order valence-corrected chi connectivity index (χ4v) is 3.93. The second-order valence-corrected chi connectivity index (χ2v) is 8.13. The molecule has 2 aromatic carbocycles. The highest BCUT2D eigenvalue weighted by atomic mass is 35.5. The van der Waals surface area contributed by atoms with Crippen molar-refractivity contribution in [3.8, 4) is 5.75 Å². The number of halogens is 1. The molecule has 0 unspecified atom stereocenters. The zero-order valence-corrected chi connectivity index (χ0v) is 18.2. The van der Waals surface area contributed by atoms with Crippen LogP contribution in [0.4, 0.5) is 21.0 Å². The molecule has 2 aromatic rings. The molecule has 1 atom stereocenters. The third kappa shape index (κ3) is 5.31. The molecular formula is C23H24ClN3O5. The van der Waals surface area contributed by atoms with Crippen LogP contribution in [0.5, 0.6) is 5.75 Å². The Labute approximate surface area is 191 Å². The Morgan fingerprint density at radius 3 is 2.44 bits per heavy atom. The van der Waals surface area contributed by atoms with Crippen molar-refractivity contribution in [3.05, 3.63) is 53.6 Å². The molecule has 2 saturated heterocycles. The molecule has 0 aliphatic carbocycles. The van der Waals surface area contributed by atoms with Gasteiger partial charge in [-0.05, 0) is 67.8 Å². The van der Waals surface area contributed by atoms with Gasteiger partial charge < -0.3 is 14.4 Å². The van der Waals surface area contributed by atoms with Crippen molar-refractivity contribution < 1.29 is 23.9 Å². The second kappa shape index (κ2) is 9.91. The smallest absolute Gasteiger partial charge is 0.418 e. The van der Waals surface area contributed by atoms with Gasteiger partial charge in [-0.1, -0.05) is 11.6 Å². The van der Waals surface area contributed by atoms with E-state index in [-0.39, 0.29) is 5.91 Å². The van der Waals surface area contributed by atoms with Crippen molar-refractivity contribution in [1.82, 2.24) is 4.90 Å². The molecule has 0 aromatic heterocycles. The van der Waals surface area contributed by atoms with Gasteiger partial charge in [0.05, 0.1) is 0 Å². The number of rotatable bonds is 4. The van der Waals surface area contributed by atoms with E-state index in [0.29, 0.717) is 48.8 Å². The van der Waals surface area contributed by atoms with Crippen LogP contribution in [0.1, 0.15) is 32.1 Å². The Kier molecular flexibility index (Phi) is 6.80. The molecule has 1 N–H and O–H groups in total. The Balaban J connectivity index is 1.32. The lowest BCUT2D eigenvalue weighted by molar-refractivity contribution is -0.119. The summed E-state index contributed by atoms with van der Waals surface area (Å²) in [6, 6.07) is 13.5. The maximum absolute atomic E-state index is 12.7. The number of hydrogen-bond acceptors (Lipinski definition) is 5. The minimum absolute atomic E-state index is 0.106. The van der Waals surface area contributed by atoms with E-state index in [1.165, 1.54) is 4.90 Å². The van der Waals surface area contributed by atoms with E-state index >= 15 is 0 Å². The van der Waals surface area contributed by atoms with Gasteiger partial charge in [-0.15, -0.1) is 0 Å². The summed E-state index contributed by atoms with van der Waals surface area (Å²) >= 11 is 5.84. The first-order valence-corrected chi connectivity index (χ1v) is 11.0. The van der Waals surface area contributed by atoms with Crippen LogP contribution in [0, 0.1) is 0 Å². The molecule has 0 bridgehead atoms. The summed E-state index contributed by atoms with van der Waals surface area (Å²) in [4.78, 5) is 40.1. The SMILES string of the molecule is O=C(Nc1ccc(Cl)cc1)O[C@@H]1CCCN1C(=O)Oc1ccc(N2CCCCC2=O)cc1. The van der Waals surface area contributed by atoms with Gasteiger partial charge in [-0.3, -0.25) is 15.0 Å². The summed E-state index contributed by atoms with van der Waals surface area (Å²) in [5, 5.41) is 3.17. The molecule has 2 aliphatic rings. The summed E-state index contributed by atoms with van der Waals surface area (Å²) in [6.07, 6.45) is 1.72.